The highest BCUT2D eigenvalue weighted by molar-refractivity contribution is 5.43. The van der Waals surface area contributed by atoms with Crippen LogP contribution in [0.25, 0.3) is 0 Å². The first-order chi connectivity index (χ1) is 15.1. The van der Waals surface area contributed by atoms with Crippen LogP contribution in [-0.4, -0.2) is 42.9 Å². The van der Waals surface area contributed by atoms with Crippen LogP contribution in [0.2, 0.25) is 0 Å². The van der Waals surface area contributed by atoms with Crippen LogP contribution in [0.4, 0.5) is 0 Å². The van der Waals surface area contributed by atoms with E-state index in [0.717, 1.165) is 56.0 Å². The summed E-state index contributed by atoms with van der Waals surface area (Å²) in [6, 6.07) is 27.3. The average molecular weight is 416 g/mol. The Bertz CT molecular complexity index is 947. The fraction of sp³-hybridized carbons (Fsp3) is 0.357. The molecule has 31 heavy (non-hydrogen) atoms. The van der Waals surface area contributed by atoms with Crippen molar-refractivity contribution in [2.75, 3.05) is 32.8 Å². The molecule has 1 N–H and O–H groups in total. The maximum atomic E-state index is 12.6. The van der Waals surface area contributed by atoms with E-state index in [1.165, 1.54) is 11.1 Å². The van der Waals surface area contributed by atoms with Gasteiger partial charge in [-0.05, 0) is 35.6 Å². The minimum Gasteiger partial charge on any atom is -0.380 e. The van der Waals surface area contributed by atoms with Crippen LogP contribution in [0.1, 0.15) is 40.7 Å². The molecule has 0 bridgehead atoms. The number of benzene rings is 3. The Kier molecular flexibility index (Phi) is 6.86. The molecular weight excluding hydrogens is 382 g/mol. The lowest BCUT2D eigenvalue weighted by molar-refractivity contribution is 0.000758. The topological polar surface area (TPSA) is 32.7 Å². The molecule has 0 amide bonds. The molecule has 3 aromatic rings. The van der Waals surface area contributed by atoms with Crippen molar-refractivity contribution in [1.82, 2.24) is 4.90 Å². The first kappa shape index (κ1) is 21.8. The molecule has 4 rings (SSSR count). The van der Waals surface area contributed by atoms with Gasteiger partial charge in [0.25, 0.3) is 0 Å². The predicted octanol–water partition coefficient (Wildman–Crippen LogP) is 4.91. The summed E-state index contributed by atoms with van der Waals surface area (Å²) < 4.78 is 5.58. The molecule has 0 aliphatic carbocycles. The first-order valence-electron chi connectivity index (χ1n) is 11.3. The van der Waals surface area contributed by atoms with Crippen molar-refractivity contribution >= 4 is 0 Å². The summed E-state index contributed by atoms with van der Waals surface area (Å²) in [7, 11) is 0. The number of hydrogen-bond acceptors (Lipinski definition) is 3. The van der Waals surface area contributed by atoms with Crippen LogP contribution >= 0.6 is 0 Å². The van der Waals surface area contributed by atoms with Gasteiger partial charge in [0.05, 0.1) is 13.2 Å². The largest absolute Gasteiger partial charge is 0.380 e. The zero-order valence-corrected chi connectivity index (χ0v) is 18.6. The number of hydrogen-bond donors (Lipinski definition) is 1. The van der Waals surface area contributed by atoms with Gasteiger partial charge in [-0.15, -0.1) is 0 Å². The van der Waals surface area contributed by atoms with Gasteiger partial charge in [0, 0.05) is 25.6 Å². The maximum Gasteiger partial charge on any atom is 0.123 e. The van der Waals surface area contributed by atoms with Gasteiger partial charge in [0.1, 0.15) is 5.60 Å². The van der Waals surface area contributed by atoms with Gasteiger partial charge in [-0.25, -0.2) is 0 Å². The minimum atomic E-state index is -1.14. The Hall–Kier alpha value is -2.46. The summed E-state index contributed by atoms with van der Waals surface area (Å²) in [6.07, 6.45) is 0.985. The SMILES string of the molecule is CCc1ccc([C@@](O)(c2ccc(C)cc2)[C@H](CN2CCOCC2)c2ccccc2)cc1. The molecule has 1 fully saturated rings. The minimum absolute atomic E-state index is 0.109. The van der Waals surface area contributed by atoms with Crippen molar-refractivity contribution in [1.29, 1.82) is 0 Å². The number of morpholine rings is 1. The van der Waals surface area contributed by atoms with Crippen LogP contribution in [0, 0.1) is 6.92 Å². The molecule has 0 unspecified atom stereocenters. The van der Waals surface area contributed by atoms with Gasteiger partial charge in [0.2, 0.25) is 0 Å². The van der Waals surface area contributed by atoms with Crippen LogP contribution in [0.15, 0.2) is 78.9 Å². The summed E-state index contributed by atoms with van der Waals surface area (Å²) in [5, 5.41) is 12.6. The summed E-state index contributed by atoms with van der Waals surface area (Å²) >= 11 is 0. The molecule has 0 aromatic heterocycles. The molecule has 3 aromatic carbocycles. The molecule has 3 heteroatoms. The standard InChI is InChI=1S/C28H33NO2/c1-3-23-11-15-26(16-12-23)28(30,25-13-9-22(2)10-14-25)27(24-7-5-4-6-8-24)21-29-17-19-31-20-18-29/h4-16,27,30H,3,17-21H2,1-2H3/t27-,28+/m1/s1. The molecular formula is C28H33NO2. The highest BCUT2D eigenvalue weighted by atomic mass is 16.5. The van der Waals surface area contributed by atoms with E-state index >= 15 is 0 Å². The smallest absolute Gasteiger partial charge is 0.123 e. The molecule has 2 atom stereocenters. The molecule has 162 valence electrons. The first-order valence-corrected chi connectivity index (χ1v) is 11.3. The van der Waals surface area contributed by atoms with Crippen molar-refractivity contribution in [2.45, 2.75) is 31.8 Å². The van der Waals surface area contributed by atoms with E-state index in [1.807, 2.05) is 6.07 Å². The van der Waals surface area contributed by atoms with Gasteiger partial charge in [0.15, 0.2) is 0 Å². The lowest BCUT2D eigenvalue weighted by Crippen LogP contribution is -2.45. The number of aryl methyl sites for hydroxylation is 2. The van der Waals surface area contributed by atoms with Crippen molar-refractivity contribution in [3.8, 4) is 0 Å². The third kappa shape index (κ3) is 4.74. The number of ether oxygens (including phenoxy) is 1. The fourth-order valence-electron chi connectivity index (χ4n) is 4.58. The number of nitrogens with zero attached hydrogens (tertiary/aromatic N) is 1. The van der Waals surface area contributed by atoms with Gasteiger partial charge in [-0.1, -0.05) is 91.3 Å². The van der Waals surface area contributed by atoms with Crippen LogP contribution in [0.5, 0.6) is 0 Å². The summed E-state index contributed by atoms with van der Waals surface area (Å²) in [5.41, 5.74) is 4.35. The fourth-order valence-corrected chi connectivity index (χ4v) is 4.58. The second-order valence-electron chi connectivity index (χ2n) is 8.56. The van der Waals surface area contributed by atoms with Gasteiger partial charge < -0.3 is 9.84 Å². The van der Waals surface area contributed by atoms with E-state index in [4.69, 9.17) is 4.74 Å². The van der Waals surface area contributed by atoms with Crippen molar-refractivity contribution in [2.24, 2.45) is 0 Å². The van der Waals surface area contributed by atoms with E-state index in [2.05, 4.69) is 91.5 Å². The van der Waals surface area contributed by atoms with Crippen LogP contribution in [0.3, 0.4) is 0 Å². The highest BCUT2D eigenvalue weighted by Crippen LogP contribution is 2.43. The Morgan fingerprint density at radius 2 is 1.45 bits per heavy atom. The maximum absolute atomic E-state index is 12.6. The summed E-state index contributed by atoms with van der Waals surface area (Å²) in [4.78, 5) is 2.42. The Labute approximate surface area is 186 Å². The molecule has 1 aliphatic rings. The van der Waals surface area contributed by atoms with E-state index < -0.39 is 5.60 Å². The summed E-state index contributed by atoms with van der Waals surface area (Å²) in [5.74, 6) is -0.109. The van der Waals surface area contributed by atoms with E-state index in [9.17, 15) is 5.11 Å². The van der Waals surface area contributed by atoms with E-state index in [0.29, 0.717) is 0 Å². The van der Waals surface area contributed by atoms with Crippen LogP contribution < -0.4 is 0 Å². The quantitative estimate of drug-likeness (QED) is 0.595. The third-order valence-corrected chi connectivity index (χ3v) is 6.54. The van der Waals surface area contributed by atoms with Gasteiger partial charge in [-0.2, -0.15) is 0 Å². The molecule has 0 saturated carbocycles. The van der Waals surface area contributed by atoms with Crippen molar-refractivity contribution in [3.63, 3.8) is 0 Å². The molecule has 3 nitrogen and oxygen atoms in total. The number of rotatable bonds is 7. The third-order valence-electron chi connectivity index (χ3n) is 6.54. The van der Waals surface area contributed by atoms with Crippen LogP contribution in [-0.2, 0) is 16.8 Å². The highest BCUT2D eigenvalue weighted by Gasteiger charge is 2.42. The summed E-state index contributed by atoms with van der Waals surface area (Å²) in [6.45, 7) is 8.29. The predicted molar refractivity (Wildman–Crippen MR) is 126 cm³/mol. The normalized spacial score (nSPS) is 17.8. The second kappa shape index (κ2) is 9.78. The molecule has 1 saturated heterocycles. The number of aliphatic hydroxyl groups is 1. The molecule has 1 aliphatic heterocycles. The molecule has 1 heterocycles. The Morgan fingerprint density at radius 3 is 2.03 bits per heavy atom. The van der Waals surface area contributed by atoms with Crippen molar-refractivity contribution in [3.05, 3.63) is 107 Å². The average Bonchev–Trinajstić information content (AvgIpc) is 2.84. The lowest BCUT2D eigenvalue weighted by Gasteiger charge is -2.41. The Morgan fingerprint density at radius 1 is 0.871 bits per heavy atom. The monoisotopic (exact) mass is 415 g/mol. The zero-order chi connectivity index (χ0) is 21.7. The Balaban J connectivity index is 1.84. The van der Waals surface area contributed by atoms with E-state index in [1.54, 1.807) is 0 Å². The molecule has 0 spiro atoms. The van der Waals surface area contributed by atoms with E-state index in [-0.39, 0.29) is 5.92 Å². The molecule has 0 radical (unpaired) electrons. The lowest BCUT2D eigenvalue weighted by atomic mass is 9.72. The second-order valence-corrected chi connectivity index (χ2v) is 8.56. The van der Waals surface area contributed by atoms with Gasteiger partial charge >= 0.3 is 0 Å². The van der Waals surface area contributed by atoms with Gasteiger partial charge in [-0.3, -0.25) is 4.90 Å². The van der Waals surface area contributed by atoms with Crippen molar-refractivity contribution < 1.29 is 9.84 Å². The zero-order valence-electron chi connectivity index (χ0n) is 18.6.